The molecule has 0 saturated carbocycles. The number of aliphatic hydroxyl groups excluding tert-OH is 1. The Bertz CT molecular complexity index is 636. The molecule has 0 radical (unpaired) electrons. The van der Waals surface area contributed by atoms with Gasteiger partial charge in [-0.3, -0.25) is 4.79 Å². The molecule has 1 N–H and O–H groups in total. The summed E-state index contributed by atoms with van der Waals surface area (Å²) in [7, 11) is 0. The van der Waals surface area contributed by atoms with Gasteiger partial charge >= 0.3 is 0 Å². The predicted octanol–water partition coefficient (Wildman–Crippen LogP) is 1.78. The Hall–Kier alpha value is -2.14. The van der Waals surface area contributed by atoms with E-state index in [1.165, 1.54) is 0 Å². The highest BCUT2D eigenvalue weighted by Gasteiger charge is 2.25. The number of rotatable bonds is 2. The molecule has 110 valence electrons. The van der Waals surface area contributed by atoms with Gasteiger partial charge in [-0.1, -0.05) is 18.2 Å². The fraction of sp³-hybridized carbons (Fsp3) is 0.375. The van der Waals surface area contributed by atoms with Crippen molar-refractivity contribution < 1.29 is 9.90 Å². The summed E-state index contributed by atoms with van der Waals surface area (Å²) in [5.74, 6) is -0.0477. The van der Waals surface area contributed by atoms with E-state index in [4.69, 9.17) is 0 Å². The van der Waals surface area contributed by atoms with Gasteiger partial charge in [-0.2, -0.15) is 5.10 Å². The number of hydrogen-bond donors (Lipinski definition) is 1. The second-order valence-electron chi connectivity index (χ2n) is 5.46. The molecule has 1 aromatic heterocycles. The van der Waals surface area contributed by atoms with Gasteiger partial charge in [0.1, 0.15) is 0 Å². The summed E-state index contributed by atoms with van der Waals surface area (Å²) in [6.07, 6.45) is 2.98. The number of carbonyl (C=O) groups is 1. The SMILES string of the molecule is Cc1nn(-c2ccccc2)cc1C(=O)N1CCCC(O)C1. The Labute approximate surface area is 123 Å². The van der Waals surface area contributed by atoms with Crippen LogP contribution in [0.3, 0.4) is 0 Å². The van der Waals surface area contributed by atoms with E-state index in [-0.39, 0.29) is 5.91 Å². The van der Waals surface area contributed by atoms with E-state index in [0.29, 0.717) is 24.3 Å². The van der Waals surface area contributed by atoms with E-state index in [2.05, 4.69) is 5.10 Å². The maximum atomic E-state index is 12.6. The molecule has 2 aromatic rings. The summed E-state index contributed by atoms with van der Waals surface area (Å²) in [5, 5.41) is 14.1. The van der Waals surface area contributed by atoms with Crippen molar-refractivity contribution in [2.75, 3.05) is 13.1 Å². The fourth-order valence-electron chi connectivity index (χ4n) is 2.69. The molecule has 2 heterocycles. The van der Waals surface area contributed by atoms with Crippen LogP contribution in [0.5, 0.6) is 0 Å². The summed E-state index contributed by atoms with van der Waals surface area (Å²) >= 11 is 0. The lowest BCUT2D eigenvalue weighted by atomic mass is 10.1. The monoisotopic (exact) mass is 285 g/mol. The minimum atomic E-state index is -0.410. The highest BCUT2D eigenvalue weighted by atomic mass is 16.3. The molecule has 1 unspecified atom stereocenters. The van der Waals surface area contributed by atoms with Gasteiger partial charge in [0, 0.05) is 19.3 Å². The smallest absolute Gasteiger partial charge is 0.257 e. The number of aliphatic hydroxyl groups is 1. The van der Waals surface area contributed by atoms with Crippen molar-refractivity contribution in [3.8, 4) is 5.69 Å². The zero-order valence-electron chi connectivity index (χ0n) is 12.1. The number of para-hydroxylation sites is 1. The normalized spacial score (nSPS) is 18.8. The van der Waals surface area contributed by atoms with Gasteiger partial charge < -0.3 is 10.0 Å². The molecule has 3 rings (SSSR count). The van der Waals surface area contributed by atoms with Gasteiger partial charge in [0.25, 0.3) is 5.91 Å². The number of likely N-dealkylation sites (tertiary alicyclic amines) is 1. The van der Waals surface area contributed by atoms with Crippen LogP contribution in [0, 0.1) is 6.92 Å². The molecule has 0 aliphatic carbocycles. The summed E-state index contributed by atoms with van der Waals surface area (Å²) in [6.45, 7) is 2.95. The van der Waals surface area contributed by atoms with Crippen molar-refractivity contribution in [1.29, 1.82) is 0 Å². The van der Waals surface area contributed by atoms with Gasteiger partial charge in [0.2, 0.25) is 0 Å². The van der Waals surface area contributed by atoms with Crippen LogP contribution in [0.1, 0.15) is 28.9 Å². The molecular formula is C16H19N3O2. The number of carbonyl (C=O) groups excluding carboxylic acids is 1. The van der Waals surface area contributed by atoms with Crippen LogP contribution >= 0.6 is 0 Å². The number of nitrogens with zero attached hydrogens (tertiary/aromatic N) is 3. The molecule has 1 saturated heterocycles. The van der Waals surface area contributed by atoms with Crippen LogP contribution in [0.15, 0.2) is 36.5 Å². The molecule has 5 heteroatoms. The number of amides is 1. The second-order valence-corrected chi connectivity index (χ2v) is 5.46. The van der Waals surface area contributed by atoms with E-state index in [0.717, 1.165) is 18.5 Å². The number of piperidine rings is 1. The Balaban J connectivity index is 1.86. The first-order valence-corrected chi connectivity index (χ1v) is 7.24. The van der Waals surface area contributed by atoms with Crippen LogP contribution in [0.4, 0.5) is 0 Å². The van der Waals surface area contributed by atoms with Crippen LogP contribution in [-0.4, -0.2) is 44.9 Å². The highest BCUT2D eigenvalue weighted by Crippen LogP contribution is 2.17. The molecule has 0 spiro atoms. The lowest BCUT2D eigenvalue weighted by Gasteiger charge is -2.29. The molecule has 21 heavy (non-hydrogen) atoms. The standard InChI is InChI=1S/C16H19N3O2/c1-12-15(16(21)18-9-5-8-14(20)10-18)11-19(17-12)13-6-3-2-4-7-13/h2-4,6-7,11,14,20H,5,8-10H2,1H3. The lowest BCUT2D eigenvalue weighted by Crippen LogP contribution is -2.42. The highest BCUT2D eigenvalue weighted by molar-refractivity contribution is 5.95. The van der Waals surface area contributed by atoms with Crippen molar-refractivity contribution in [3.63, 3.8) is 0 Å². The maximum Gasteiger partial charge on any atom is 0.257 e. The van der Waals surface area contributed by atoms with Crippen molar-refractivity contribution >= 4 is 5.91 Å². The first kappa shape index (κ1) is 13.8. The molecular weight excluding hydrogens is 266 g/mol. The average molecular weight is 285 g/mol. The first-order chi connectivity index (χ1) is 10.1. The van der Waals surface area contributed by atoms with Gasteiger partial charge in [0.15, 0.2) is 0 Å². The van der Waals surface area contributed by atoms with Crippen LogP contribution in [-0.2, 0) is 0 Å². The van der Waals surface area contributed by atoms with Crippen molar-refractivity contribution in [1.82, 2.24) is 14.7 Å². The van der Waals surface area contributed by atoms with Crippen molar-refractivity contribution in [3.05, 3.63) is 47.8 Å². The number of aromatic nitrogens is 2. The predicted molar refractivity (Wildman–Crippen MR) is 79.4 cm³/mol. The second kappa shape index (κ2) is 5.69. The van der Waals surface area contributed by atoms with E-state index in [9.17, 15) is 9.90 Å². The zero-order chi connectivity index (χ0) is 14.8. The van der Waals surface area contributed by atoms with Crippen LogP contribution in [0.2, 0.25) is 0 Å². The molecule has 0 bridgehead atoms. The van der Waals surface area contributed by atoms with E-state index < -0.39 is 6.10 Å². The van der Waals surface area contributed by atoms with Crippen molar-refractivity contribution in [2.24, 2.45) is 0 Å². The molecule has 1 aromatic carbocycles. The summed E-state index contributed by atoms with van der Waals surface area (Å²) in [6, 6.07) is 9.72. The number of hydrogen-bond acceptors (Lipinski definition) is 3. The molecule has 1 fully saturated rings. The minimum absolute atomic E-state index is 0.0477. The Kier molecular flexibility index (Phi) is 3.75. The Morgan fingerprint density at radius 2 is 2.10 bits per heavy atom. The van der Waals surface area contributed by atoms with E-state index in [1.54, 1.807) is 15.8 Å². The first-order valence-electron chi connectivity index (χ1n) is 7.24. The summed E-state index contributed by atoms with van der Waals surface area (Å²) in [5.41, 5.74) is 2.25. The molecule has 5 nitrogen and oxygen atoms in total. The molecule has 1 atom stereocenters. The van der Waals surface area contributed by atoms with Crippen LogP contribution in [0.25, 0.3) is 5.69 Å². The van der Waals surface area contributed by atoms with Gasteiger partial charge in [-0.25, -0.2) is 4.68 Å². The number of benzene rings is 1. The minimum Gasteiger partial charge on any atom is -0.391 e. The van der Waals surface area contributed by atoms with Gasteiger partial charge in [-0.05, 0) is 31.9 Å². The number of aryl methyl sites for hydroxylation is 1. The Morgan fingerprint density at radius 1 is 1.33 bits per heavy atom. The largest absolute Gasteiger partial charge is 0.391 e. The molecule has 1 aliphatic heterocycles. The quantitative estimate of drug-likeness (QED) is 0.915. The molecule has 1 amide bonds. The third kappa shape index (κ3) is 2.83. The third-order valence-corrected chi connectivity index (χ3v) is 3.83. The fourth-order valence-corrected chi connectivity index (χ4v) is 2.69. The zero-order valence-corrected chi connectivity index (χ0v) is 12.1. The lowest BCUT2D eigenvalue weighted by molar-refractivity contribution is 0.0473. The summed E-state index contributed by atoms with van der Waals surface area (Å²) in [4.78, 5) is 14.3. The topological polar surface area (TPSA) is 58.4 Å². The average Bonchev–Trinajstić information content (AvgIpc) is 2.89. The summed E-state index contributed by atoms with van der Waals surface area (Å²) < 4.78 is 1.73. The van der Waals surface area contributed by atoms with Crippen molar-refractivity contribution in [2.45, 2.75) is 25.9 Å². The third-order valence-electron chi connectivity index (χ3n) is 3.83. The van der Waals surface area contributed by atoms with E-state index >= 15 is 0 Å². The Morgan fingerprint density at radius 3 is 2.81 bits per heavy atom. The number of β-amino-alcohol motifs (C(OH)–C–C–N with tert-alkyl or cyclic N) is 1. The van der Waals surface area contributed by atoms with E-state index in [1.807, 2.05) is 37.3 Å². The van der Waals surface area contributed by atoms with Gasteiger partial charge in [-0.15, -0.1) is 0 Å². The van der Waals surface area contributed by atoms with Gasteiger partial charge in [0.05, 0.1) is 23.0 Å². The molecule has 1 aliphatic rings. The van der Waals surface area contributed by atoms with Crippen LogP contribution < -0.4 is 0 Å². The maximum absolute atomic E-state index is 12.6.